The Morgan fingerprint density at radius 3 is 2.29 bits per heavy atom. The van der Waals surface area contributed by atoms with Crippen LogP contribution in [0.2, 0.25) is 0 Å². The Kier molecular flexibility index (Phi) is 5.77. The number of morpholine rings is 1. The highest BCUT2D eigenvalue weighted by atomic mass is 35.5. The number of hydrogen-bond donors (Lipinski definition) is 0. The average Bonchev–Trinajstić information content (AvgIpc) is 2.83. The summed E-state index contributed by atoms with van der Waals surface area (Å²) < 4.78 is 5.28. The first-order chi connectivity index (χ1) is 11.7. The molecule has 0 aromatic carbocycles. The second-order valence-electron chi connectivity index (χ2n) is 6.15. The number of rotatable bonds is 3. The van der Waals surface area contributed by atoms with Crippen LogP contribution in [-0.4, -0.2) is 79.0 Å². The van der Waals surface area contributed by atoms with E-state index in [1.165, 1.54) is 0 Å². The fourth-order valence-corrected chi connectivity index (χ4v) is 3.43. The Morgan fingerprint density at radius 2 is 1.58 bits per heavy atom. The van der Waals surface area contributed by atoms with Gasteiger partial charge in [-0.3, -0.25) is 19.4 Å². The van der Waals surface area contributed by atoms with E-state index in [1.54, 1.807) is 0 Å². The number of imide groups is 1. The van der Waals surface area contributed by atoms with Crippen molar-refractivity contribution in [3.8, 4) is 11.8 Å². The topological polar surface area (TPSA) is 53.1 Å². The fraction of sp³-hybridized carbons (Fsp3) is 0.647. The third kappa shape index (κ3) is 3.75. The van der Waals surface area contributed by atoms with Gasteiger partial charge >= 0.3 is 0 Å². The van der Waals surface area contributed by atoms with Gasteiger partial charge in [0.05, 0.1) is 26.3 Å². The highest BCUT2D eigenvalue weighted by Gasteiger charge is 2.40. The van der Waals surface area contributed by atoms with Crippen LogP contribution in [0, 0.1) is 11.8 Å². The van der Waals surface area contributed by atoms with Crippen molar-refractivity contribution >= 4 is 23.4 Å². The van der Waals surface area contributed by atoms with Crippen molar-refractivity contribution in [2.24, 2.45) is 0 Å². The molecule has 0 unspecified atom stereocenters. The van der Waals surface area contributed by atoms with Crippen molar-refractivity contribution in [3.63, 3.8) is 0 Å². The van der Waals surface area contributed by atoms with Crippen LogP contribution in [0.4, 0.5) is 0 Å². The van der Waals surface area contributed by atoms with E-state index >= 15 is 0 Å². The summed E-state index contributed by atoms with van der Waals surface area (Å²) in [6.07, 6.45) is 3.20. The quantitative estimate of drug-likeness (QED) is 0.551. The maximum atomic E-state index is 12.5. The molecule has 7 heteroatoms. The average molecular weight is 352 g/mol. The smallest absolute Gasteiger partial charge is 0.279 e. The van der Waals surface area contributed by atoms with Gasteiger partial charge in [-0.05, 0) is 19.3 Å². The zero-order chi connectivity index (χ0) is 16.9. The Labute approximate surface area is 147 Å². The molecule has 6 nitrogen and oxygen atoms in total. The van der Waals surface area contributed by atoms with Gasteiger partial charge in [-0.1, -0.05) is 23.4 Å². The molecular weight excluding hydrogens is 330 g/mol. The Morgan fingerprint density at radius 1 is 0.917 bits per heavy atom. The van der Waals surface area contributed by atoms with E-state index in [1.807, 2.05) is 4.90 Å². The molecule has 3 rings (SSSR count). The lowest BCUT2D eigenvalue weighted by molar-refractivity contribution is -0.137. The van der Waals surface area contributed by atoms with E-state index in [2.05, 4.69) is 16.7 Å². The molecule has 2 amide bonds. The van der Waals surface area contributed by atoms with E-state index in [0.29, 0.717) is 12.2 Å². The highest BCUT2D eigenvalue weighted by molar-refractivity contribution is 6.47. The minimum Gasteiger partial charge on any atom is -0.379 e. The maximum absolute atomic E-state index is 12.5. The molecule has 0 radical (unpaired) electrons. The van der Waals surface area contributed by atoms with Crippen LogP contribution in [-0.2, 0) is 14.3 Å². The van der Waals surface area contributed by atoms with Gasteiger partial charge in [-0.15, -0.1) is 0 Å². The minimum atomic E-state index is -0.428. The van der Waals surface area contributed by atoms with Crippen molar-refractivity contribution < 1.29 is 14.3 Å². The van der Waals surface area contributed by atoms with Gasteiger partial charge in [0, 0.05) is 26.2 Å². The SMILES string of the molecule is O=C1C(Cl)=C(N2CCCCC2)C(=O)N1CC#CCN1CCOCC1. The number of ether oxygens (including phenoxy) is 1. The minimum absolute atomic E-state index is 0.0388. The van der Waals surface area contributed by atoms with Gasteiger partial charge in [0.2, 0.25) is 0 Å². The molecule has 3 aliphatic heterocycles. The van der Waals surface area contributed by atoms with Crippen LogP contribution in [0.5, 0.6) is 0 Å². The summed E-state index contributed by atoms with van der Waals surface area (Å²) in [5, 5.41) is 0.0388. The molecule has 0 bridgehead atoms. The monoisotopic (exact) mass is 351 g/mol. The molecular formula is C17H22ClN3O3. The Bertz CT molecular complexity index is 596. The molecule has 0 spiro atoms. The lowest BCUT2D eigenvalue weighted by atomic mass is 10.1. The molecule has 0 saturated carbocycles. The summed E-state index contributed by atoms with van der Waals surface area (Å²) in [5.41, 5.74) is 0.358. The molecule has 0 aliphatic carbocycles. The summed E-state index contributed by atoms with van der Waals surface area (Å²) in [6.45, 7) is 5.45. The van der Waals surface area contributed by atoms with Crippen LogP contribution in [0.15, 0.2) is 10.7 Å². The number of hydrogen-bond acceptors (Lipinski definition) is 5. The fourth-order valence-electron chi connectivity index (χ4n) is 3.13. The van der Waals surface area contributed by atoms with Gasteiger partial charge < -0.3 is 9.64 Å². The van der Waals surface area contributed by atoms with Crippen molar-refractivity contribution in [3.05, 3.63) is 10.7 Å². The number of carbonyl (C=O) groups is 2. The van der Waals surface area contributed by atoms with E-state index in [9.17, 15) is 9.59 Å². The van der Waals surface area contributed by atoms with Gasteiger partial charge in [0.15, 0.2) is 0 Å². The molecule has 24 heavy (non-hydrogen) atoms. The summed E-state index contributed by atoms with van der Waals surface area (Å²) in [4.78, 5) is 30.1. The Balaban J connectivity index is 1.57. The van der Waals surface area contributed by atoms with Crippen molar-refractivity contribution in [2.45, 2.75) is 19.3 Å². The first-order valence-electron chi connectivity index (χ1n) is 8.45. The van der Waals surface area contributed by atoms with E-state index in [0.717, 1.165) is 63.6 Å². The number of amides is 2. The summed E-state index contributed by atoms with van der Waals surface area (Å²) in [7, 11) is 0. The summed E-state index contributed by atoms with van der Waals surface area (Å²) in [5.74, 6) is 5.22. The highest BCUT2D eigenvalue weighted by Crippen LogP contribution is 2.28. The number of likely N-dealkylation sites (tertiary alicyclic amines) is 1. The molecule has 2 fully saturated rings. The standard InChI is InChI=1S/C17H22ClN3O3/c18-14-15(20-7-2-1-3-8-20)17(23)21(16(14)22)9-5-4-6-19-10-12-24-13-11-19/h1-3,6-13H2. The van der Waals surface area contributed by atoms with E-state index < -0.39 is 5.91 Å². The van der Waals surface area contributed by atoms with Crippen LogP contribution < -0.4 is 0 Å². The van der Waals surface area contributed by atoms with Crippen LogP contribution >= 0.6 is 11.6 Å². The molecule has 0 atom stereocenters. The zero-order valence-electron chi connectivity index (χ0n) is 13.7. The lowest BCUT2D eigenvalue weighted by Gasteiger charge is -2.29. The normalized spacial score (nSPS) is 22.9. The molecule has 2 saturated heterocycles. The number of halogens is 1. The molecule has 130 valence electrons. The second kappa shape index (κ2) is 8.02. The number of nitrogens with zero attached hydrogens (tertiary/aromatic N) is 3. The van der Waals surface area contributed by atoms with Crippen LogP contribution in [0.3, 0.4) is 0 Å². The van der Waals surface area contributed by atoms with Crippen molar-refractivity contribution in [1.29, 1.82) is 0 Å². The largest absolute Gasteiger partial charge is 0.379 e. The molecule has 0 aromatic rings. The summed E-state index contributed by atoms with van der Waals surface area (Å²) in [6, 6.07) is 0. The van der Waals surface area contributed by atoms with Crippen molar-refractivity contribution in [1.82, 2.24) is 14.7 Å². The first kappa shape index (κ1) is 17.3. The first-order valence-corrected chi connectivity index (χ1v) is 8.83. The van der Waals surface area contributed by atoms with E-state index in [4.69, 9.17) is 16.3 Å². The molecule has 3 aliphatic rings. The van der Waals surface area contributed by atoms with Gasteiger partial charge in [-0.25, -0.2) is 0 Å². The molecule has 0 N–H and O–H groups in total. The van der Waals surface area contributed by atoms with Crippen LogP contribution in [0.25, 0.3) is 0 Å². The molecule has 3 heterocycles. The van der Waals surface area contributed by atoms with Gasteiger partial charge in [0.25, 0.3) is 11.8 Å². The third-order valence-electron chi connectivity index (χ3n) is 4.53. The second-order valence-corrected chi connectivity index (χ2v) is 6.53. The predicted octanol–water partition coefficient (Wildman–Crippen LogP) is 0.627. The van der Waals surface area contributed by atoms with Gasteiger partial charge in [-0.2, -0.15) is 0 Å². The summed E-state index contributed by atoms with van der Waals surface area (Å²) >= 11 is 6.14. The van der Waals surface area contributed by atoms with E-state index in [-0.39, 0.29) is 17.5 Å². The Hall–Kier alpha value is -1.55. The van der Waals surface area contributed by atoms with Crippen LogP contribution in [0.1, 0.15) is 19.3 Å². The predicted molar refractivity (Wildman–Crippen MR) is 90.1 cm³/mol. The lowest BCUT2D eigenvalue weighted by Crippen LogP contribution is -2.37. The van der Waals surface area contributed by atoms with Crippen molar-refractivity contribution in [2.75, 3.05) is 52.5 Å². The zero-order valence-corrected chi connectivity index (χ0v) is 14.5. The number of carbonyl (C=O) groups excluding carboxylic acids is 2. The molecule has 0 aromatic heterocycles. The third-order valence-corrected chi connectivity index (χ3v) is 4.87. The maximum Gasteiger partial charge on any atom is 0.279 e. The number of piperidine rings is 1. The van der Waals surface area contributed by atoms with Gasteiger partial charge in [0.1, 0.15) is 10.7 Å².